The average molecular weight is 313 g/mol. The number of amides is 1. The Kier molecular flexibility index (Phi) is 7.07. The second-order valence-electron chi connectivity index (χ2n) is 5.17. The van der Waals surface area contributed by atoms with E-state index in [1.165, 1.54) is 0 Å². The molecule has 0 bridgehead atoms. The third-order valence-corrected chi connectivity index (χ3v) is 3.29. The summed E-state index contributed by atoms with van der Waals surface area (Å²) in [5.41, 5.74) is 1.69. The molecule has 0 fully saturated rings. The molecule has 0 aliphatic heterocycles. The Labute approximate surface area is 137 Å². The van der Waals surface area contributed by atoms with Crippen molar-refractivity contribution in [2.45, 2.75) is 20.0 Å². The van der Waals surface area contributed by atoms with Gasteiger partial charge in [-0.1, -0.05) is 6.92 Å². The van der Waals surface area contributed by atoms with E-state index >= 15 is 0 Å². The molecule has 1 aromatic carbocycles. The van der Waals surface area contributed by atoms with Gasteiger partial charge in [-0.3, -0.25) is 9.78 Å². The molecule has 1 heterocycles. The number of hydrogen-bond acceptors (Lipinski definition) is 4. The first-order chi connectivity index (χ1) is 11.3. The Balaban J connectivity index is 1.76. The molecule has 23 heavy (non-hydrogen) atoms. The lowest BCUT2D eigenvalue weighted by Crippen LogP contribution is -2.32. The number of hydrogen-bond donors (Lipinski definition) is 2. The van der Waals surface area contributed by atoms with Gasteiger partial charge in [-0.25, -0.2) is 0 Å². The molecule has 2 rings (SSSR count). The molecule has 0 spiro atoms. The fraction of sp³-hybridized carbons (Fsp3) is 0.333. The number of aromatic nitrogens is 1. The van der Waals surface area contributed by atoms with Crippen molar-refractivity contribution in [1.82, 2.24) is 15.6 Å². The summed E-state index contributed by atoms with van der Waals surface area (Å²) in [6, 6.07) is 11.0. The summed E-state index contributed by atoms with van der Waals surface area (Å²) in [4.78, 5) is 15.9. The van der Waals surface area contributed by atoms with E-state index in [9.17, 15) is 4.79 Å². The Morgan fingerprint density at radius 2 is 1.78 bits per heavy atom. The Morgan fingerprint density at radius 3 is 2.48 bits per heavy atom. The molecule has 0 saturated carbocycles. The van der Waals surface area contributed by atoms with Crippen molar-refractivity contribution in [3.8, 4) is 5.75 Å². The van der Waals surface area contributed by atoms with E-state index in [4.69, 9.17) is 4.74 Å². The summed E-state index contributed by atoms with van der Waals surface area (Å²) < 4.78 is 5.68. The average Bonchev–Trinajstić information content (AvgIpc) is 2.61. The van der Waals surface area contributed by atoms with Crippen molar-refractivity contribution >= 4 is 5.91 Å². The standard InChI is InChI=1S/C18H23N3O2/c1-2-9-19-12-13-21-18(22)16-3-5-17(6-4-16)23-14-15-7-10-20-11-8-15/h3-8,10-11,19H,2,9,12-14H2,1H3,(H,21,22). The number of nitrogens with zero attached hydrogens (tertiary/aromatic N) is 1. The molecule has 2 aromatic rings. The molecule has 0 aliphatic rings. The zero-order valence-electron chi connectivity index (χ0n) is 13.4. The van der Waals surface area contributed by atoms with Crippen molar-refractivity contribution in [2.75, 3.05) is 19.6 Å². The molecule has 5 nitrogen and oxygen atoms in total. The maximum atomic E-state index is 12.0. The van der Waals surface area contributed by atoms with Crippen LogP contribution in [0.1, 0.15) is 29.3 Å². The van der Waals surface area contributed by atoms with E-state index in [1.807, 2.05) is 24.3 Å². The minimum absolute atomic E-state index is 0.0658. The SMILES string of the molecule is CCCNCCNC(=O)c1ccc(OCc2ccncc2)cc1. The van der Waals surface area contributed by atoms with Crippen molar-refractivity contribution in [3.63, 3.8) is 0 Å². The summed E-state index contributed by atoms with van der Waals surface area (Å²) in [6.45, 7) is 4.98. The van der Waals surface area contributed by atoms with Gasteiger partial charge in [0.2, 0.25) is 0 Å². The van der Waals surface area contributed by atoms with Crippen LogP contribution in [0.15, 0.2) is 48.8 Å². The molecule has 0 aliphatic carbocycles. The number of pyridine rings is 1. The number of nitrogens with one attached hydrogen (secondary N) is 2. The highest BCUT2D eigenvalue weighted by Gasteiger charge is 2.05. The van der Waals surface area contributed by atoms with Crippen molar-refractivity contribution in [1.29, 1.82) is 0 Å². The third kappa shape index (κ3) is 6.08. The monoisotopic (exact) mass is 313 g/mol. The molecule has 2 N–H and O–H groups in total. The second-order valence-corrected chi connectivity index (χ2v) is 5.17. The second kappa shape index (κ2) is 9.58. The molecule has 5 heteroatoms. The molecule has 1 aromatic heterocycles. The van der Waals surface area contributed by atoms with Crippen LogP contribution in [0, 0.1) is 0 Å². The van der Waals surface area contributed by atoms with Gasteiger partial charge in [0.15, 0.2) is 0 Å². The summed E-state index contributed by atoms with van der Waals surface area (Å²) in [6.07, 6.45) is 4.57. The number of ether oxygens (including phenoxy) is 1. The number of rotatable bonds is 9. The molecule has 0 saturated heterocycles. The molecular weight excluding hydrogens is 290 g/mol. The van der Waals surface area contributed by atoms with Crippen LogP contribution in [-0.2, 0) is 6.61 Å². The quantitative estimate of drug-likeness (QED) is 0.698. The van der Waals surface area contributed by atoms with Crippen LogP contribution in [0.3, 0.4) is 0 Å². The highest BCUT2D eigenvalue weighted by atomic mass is 16.5. The molecule has 122 valence electrons. The predicted octanol–water partition coefficient (Wildman–Crippen LogP) is 2.39. The van der Waals surface area contributed by atoms with Gasteiger partial charge < -0.3 is 15.4 Å². The van der Waals surface area contributed by atoms with Crippen LogP contribution in [0.2, 0.25) is 0 Å². The van der Waals surface area contributed by atoms with Crippen LogP contribution < -0.4 is 15.4 Å². The lowest BCUT2D eigenvalue weighted by atomic mass is 10.2. The van der Waals surface area contributed by atoms with Gasteiger partial charge in [0.25, 0.3) is 5.91 Å². The summed E-state index contributed by atoms with van der Waals surface area (Å²) in [5, 5.41) is 6.13. The lowest BCUT2D eigenvalue weighted by Gasteiger charge is -2.08. The Hall–Kier alpha value is -2.40. The van der Waals surface area contributed by atoms with Crippen molar-refractivity contribution < 1.29 is 9.53 Å². The fourth-order valence-electron chi connectivity index (χ4n) is 2.02. The van der Waals surface area contributed by atoms with Crippen LogP contribution in [-0.4, -0.2) is 30.5 Å². The Morgan fingerprint density at radius 1 is 1.04 bits per heavy atom. The van der Waals surface area contributed by atoms with Crippen molar-refractivity contribution in [3.05, 3.63) is 59.9 Å². The third-order valence-electron chi connectivity index (χ3n) is 3.29. The molecule has 0 atom stereocenters. The van der Waals surface area contributed by atoms with Crippen LogP contribution in [0.4, 0.5) is 0 Å². The summed E-state index contributed by atoms with van der Waals surface area (Å²) >= 11 is 0. The number of carbonyl (C=O) groups is 1. The zero-order valence-corrected chi connectivity index (χ0v) is 13.4. The van der Waals surface area contributed by atoms with Gasteiger partial charge in [-0.15, -0.1) is 0 Å². The highest BCUT2D eigenvalue weighted by Crippen LogP contribution is 2.14. The van der Waals surface area contributed by atoms with E-state index in [0.717, 1.165) is 30.8 Å². The van der Waals surface area contributed by atoms with E-state index < -0.39 is 0 Å². The minimum Gasteiger partial charge on any atom is -0.489 e. The smallest absolute Gasteiger partial charge is 0.251 e. The van der Waals surface area contributed by atoms with Gasteiger partial charge in [0, 0.05) is 31.0 Å². The van der Waals surface area contributed by atoms with E-state index in [2.05, 4.69) is 22.5 Å². The number of benzene rings is 1. The first-order valence-corrected chi connectivity index (χ1v) is 7.90. The fourth-order valence-corrected chi connectivity index (χ4v) is 2.02. The normalized spacial score (nSPS) is 10.3. The molecule has 0 radical (unpaired) electrons. The van der Waals surface area contributed by atoms with Gasteiger partial charge in [0.05, 0.1) is 0 Å². The van der Waals surface area contributed by atoms with E-state index in [0.29, 0.717) is 18.7 Å². The van der Waals surface area contributed by atoms with Crippen molar-refractivity contribution in [2.24, 2.45) is 0 Å². The highest BCUT2D eigenvalue weighted by molar-refractivity contribution is 5.94. The van der Waals surface area contributed by atoms with Gasteiger partial charge in [-0.2, -0.15) is 0 Å². The predicted molar refractivity (Wildman–Crippen MR) is 90.5 cm³/mol. The zero-order chi connectivity index (χ0) is 16.3. The first kappa shape index (κ1) is 17.0. The largest absolute Gasteiger partial charge is 0.489 e. The lowest BCUT2D eigenvalue weighted by molar-refractivity contribution is 0.0954. The molecular formula is C18H23N3O2. The molecule has 0 unspecified atom stereocenters. The summed E-state index contributed by atoms with van der Waals surface area (Å²) in [5.74, 6) is 0.673. The summed E-state index contributed by atoms with van der Waals surface area (Å²) in [7, 11) is 0. The van der Waals surface area contributed by atoms with Crippen LogP contribution in [0.25, 0.3) is 0 Å². The first-order valence-electron chi connectivity index (χ1n) is 7.90. The van der Waals surface area contributed by atoms with Crippen LogP contribution in [0.5, 0.6) is 5.75 Å². The van der Waals surface area contributed by atoms with E-state index in [-0.39, 0.29) is 5.91 Å². The topological polar surface area (TPSA) is 63.2 Å². The van der Waals surface area contributed by atoms with Gasteiger partial charge in [0.1, 0.15) is 12.4 Å². The molecule has 1 amide bonds. The minimum atomic E-state index is -0.0658. The van der Waals surface area contributed by atoms with Crippen LogP contribution >= 0.6 is 0 Å². The van der Waals surface area contributed by atoms with Gasteiger partial charge in [-0.05, 0) is 54.9 Å². The maximum Gasteiger partial charge on any atom is 0.251 e. The maximum absolute atomic E-state index is 12.0. The van der Waals surface area contributed by atoms with Gasteiger partial charge >= 0.3 is 0 Å². The van der Waals surface area contributed by atoms with E-state index in [1.54, 1.807) is 24.5 Å². The Bertz CT molecular complexity index is 585. The number of carbonyl (C=O) groups excluding carboxylic acids is 1.